The zero-order valence-electron chi connectivity index (χ0n) is 14.0. The number of nitrogens with two attached hydrogens (primary N) is 1. The number of aryl methyl sites for hydroxylation is 1. The zero-order chi connectivity index (χ0) is 16.1. The number of hydrogen-bond acceptors (Lipinski definition) is 4. The predicted molar refractivity (Wildman–Crippen MR) is 94.3 cm³/mol. The van der Waals surface area contributed by atoms with Crippen LogP contribution in [0, 0.1) is 12.8 Å². The number of rotatable bonds is 6. The van der Waals surface area contributed by atoms with E-state index in [0.717, 1.165) is 25.0 Å². The van der Waals surface area contributed by atoms with Crippen molar-refractivity contribution in [2.75, 3.05) is 18.5 Å². The van der Waals surface area contributed by atoms with E-state index in [9.17, 15) is 4.79 Å². The molecule has 0 aromatic heterocycles. The summed E-state index contributed by atoms with van der Waals surface area (Å²) in [5.74, 6) is 0.328. The molecule has 5 nitrogen and oxygen atoms in total. The average Bonchev–Trinajstić information content (AvgIpc) is 2.99. The van der Waals surface area contributed by atoms with E-state index in [4.69, 9.17) is 15.2 Å². The van der Waals surface area contributed by atoms with Crippen molar-refractivity contribution in [3.05, 3.63) is 23.8 Å². The van der Waals surface area contributed by atoms with Crippen LogP contribution >= 0.6 is 12.4 Å². The van der Waals surface area contributed by atoms with Gasteiger partial charge in [-0.15, -0.1) is 12.4 Å². The molecule has 23 heavy (non-hydrogen) atoms. The van der Waals surface area contributed by atoms with E-state index in [2.05, 4.69) is 5.32 Å². The molecule has 3 unspecified atom stereocenters. The summed E-state index contributed by atoms with van der Waals surface area (Å²) in [7, 11) is 0. The largest absolute Gasteiger partial charge is 0.489 e. The number of carbonyl (C=O) groups excluding carboxylic acids is 1. The van der Waals surface area contributed by atoms with Crippen LogP contribution in [-0.4, -0.2) is 31.3 Å². The number of hydrogen-bond donors (Lipinski definition) is 2. The number of amides is 1. The normalized spacial score (nSPS) is 19.6. The highest BCUT2D eigenvalue weighted by atomic mass is 35.5. The number of ether oxygens (including phenoxy) is 2. The summed E-state index contributed by atoms with van der Waals surface area (Å²) in [4.78, 5) is 12.2. The maximum atomic E-state index is 12.2. The Morgan fingerprint density at radius 3 is 2.83 bits per heavy atom. The summed E-state index contributed by atoms with van der Waals surface area (Å²) in [5.41, 5.74) is 7.55. The van der Waals surface area contributed by atoms with Gasteiger partial charge < -0.3 is 20.5 Å². The lowest BCUT2D eigenvalue weighted by molar-refractivity contribution is -0.119. The maximum absolute atomic E-state index is 12.2. The molecule has 0 saturated carbocycles. The molecule has 1 aliphatic rings. The molecule has 130 valence electrons. The van der Waals surface area contributed by atoms with Gasteiger partial charge in [-0.3, -0.25) is 4.79 Å². The lowest BCUT2D eigenvalue weighted by Crippen LogP contribution is -2.34. The molecule has 2 rings (SSSR count). The van der Waals surface area contributed by atoms with Crippen LogP contribution in [0.1, 0.15) is 32.3 Å². The minimum atomic E-state index is -0.257. The van der Waals surface area contributed by atoms with Gasteiger partial charge in [0.05, 0.1) is 17.7 Å². The Labute approximate surface area is 144 Å². The summed E-state index contributed by atoms with van der Waals surface area (Å²) in [5, 5.41) is 2.91. The molecule has 1 aromatic rings. The van der Waals surface area contributed by atoms with Gasteiger partial charge >= 0.3 is 0 Å². The number of carbonyl (C=O) groups is 1. The van der Waals surface area contributed by atoms with Gasteiger partial charge in [-0.05, 0) is 44.4 Å². The predicted octanol–water partition coefficient (Wildman–Crippen LogP) is 2.90. The molecule has 3 N–H and O–H groups in total. The summed E-state index contributed by atoms with van der Waals surface area (Å²) < 4.78 is 11.4. The summed E-state index contributed by atoms with van der Waals surface area (Å²) in [6.07, 6.45) is 2.25. The second-order valence-electron chi connectivity index (χ2n) is 6.08. The third-order valence-electron chi connectivity index (χ3n) is 4.05. The second kappa shape index (κ2) is 9.11. The van der Waals surface area contributed by atoms with Gasteiger partial charge in [-0.25, -0.2) is 0 Å². The van der Waals surface area contributed by atoms with E-state index in [1.54, 1.807) is 0 Å². The fourth-order valence-corrected chi connectivity index (χ4v) is 2.30. The quantitative estimate of drug-likeness (QED) is 0.833. The first-order valence-corrected chi connectivity index (χ1v) is 7.89. The highest BCUT2D eigenvalue weighted by Gasteiger charge is 2.20. The first-order valence-electron chi connectivity index (χ1n) is 7.89. The van der Waals surface area contributed by atoms with Gasteiger partial charge in [0.25, 0.3) is 0 Å². The third kappa shape index (κ3) is 5.68. The molecule has 1 heterocycles. The van der Waals surface area contributed by atoms with Gasteiger partial charge in [0.2, 0.25) is 5.91 Å². The van der Waals surface area contributed by atoms with Crippen molar-refractivity contribution in [1.82, 2.24) is 0 Å². The molecule has 0 bridgehead atoms. The lowest BCUT2D eigenvalue weighted by atomic mass is 10.0. The van der Waals surface area contributed by atoms with E-state index in [1.807, 2.05) is 39.0 Å². The lowest BCUT2D eigenvalue weighted by Gasteiger charge is -2.19. The number of benzene rings is 1. The Morgan fingerprint density at radius 2 is 2.22 bits per heavy atom. The van der Waals surface area contributed by atoms with Gasteiger partial charge in [-0.2, -0.15) is 0 Å². The number of anilines is 1. The minimum Gasteiger partial charge on any atom is -0.489 e. The molecule has 1 fully saturated rings. The van der Waals surface area contributed by atoms with Crippen molar-refractivity contribution < 1.29 is 14.3 Å². The van der Waals surface area contributed by atoms with Gasteiger partial charge in [-0.1, -0.05) is 13.0 Å². The second-order valence-corrected chi connectivity index (χ2v) is 6.08. The van der Waals surface area contributed by atoms with E-state index >= 15 is 0 Å². The minimum absolute atomic E-state index is 0. The standard InChI is InChI=1S/C17H26N2O3.ClH/c1-11-6-7-15(19-17(20)12(2)13(3)18)16(9-11)22-10-14-5-4-8-21-14;/h6-7,9,12-14H,4-5,8,10,18H2,1-3H3,(H,19,20);1H. The molecule has 1 aliphatic heterocycles. The highest BCUT2D eigenvalue weighted by Crippen LogP contribution is 2.27. The monoisotopic (exact) mass is 342 g/mol. The molecule has 0 spiro atoms. The van der Waals surface area contributed by atoms with Crippen molar-refractivity contribution >= 4 is 24.0 Å². The first kappa shape index (κ1) is 19.7. The van der Waals surface area contributed by atoms with Crippen LogP contribution in [0.5, 0.6) is 5.75 Å². The summed E-state index contributed by atoms with van der Waals surface area (Å²) in [6, 6.07) is 5.56. The van der Waals surface area contributed by atoms with Crippen molar-refractivity contribution in [3.8, 4) is 5.75 Å². The van der Waals surface area contributed by atoms with E-state index in [1.165, 1.54) is 0 Å². The topological polar surface area (TPSA) is 73.6 Å². The van der Waals surface area contributed by atoms with E-state index in [-0.39, 0.29) is 36.4 Å². The Kier molecular flexibility index (Phi) is 7.82. The van der Waals surface area contributed by atoms with Crippen LogP contribution in [0.4, 0.5) is 5.69 Å². The first-order chi connectivity index (χ1) is 10.5. The Hall–Kier alpha value is -1.30. The van der Waals surface area contributed by atoms with Crippen LogP contribution in [0.15, 0.2) is 18.2 Å². The number of halogens is 1. The van der Waals surface area contributed by atoms with Crippen molar-refractivity contribution in [3.63, 3.8) is 0 Å². The Morgan fingerprint density at radius 1 is 1.48 bits per heavy atom. The van der Waals surface area contributed by atoms with E-state index in [0.29, 0.717) is 18.0 Å². The fraction of sp³-hybridized carbons (Fsp3) is 0.588. The van der Waals surface area contributed by atoms with Gasteiger partial charge in [0, 0.05) is 12.6 Å². The third-order valence-corrected chi connectivity index (χ3v) is 4.05. The molecular weight excluding hydrogens is 316 g/mol. The highest BCUT2D eigenvalue weighted by molar-refractivity contribution is 5.94. The van der Waals surface area contributed by atoms with Crippen molar-refractivity contribution in [2.45, 2.75) is 45.8 Å². The van der Waals surface area contributed by atoms with Crippen LogP contribution in [0.25, 0.3) is 0 Å². The van der Waals surface area contributed by atoms with Crippen LogP contribution in [-0.2, 0) is 9.53 Å². The molecule has 1 amide bonds. The SMILES string of the molecule is Cc1ccc(NC(=O)C(C)C(C)N)c(OCC2CCCO2)c1.Cl. The summed E-state index contributed by atoms with van der Waals surface area (Å²) in [6.45, 7) is 6.96. The molecule has 6 heteroatoms. The van der Waals surface area contributed by atoms with Crippen LogP contribution in [0.2, 0.25) is 0 Å². The fourth-order valence-electron chi connectivity index (χ4n) is 2.30. The Bertz CT molecular complexity index is 517. The maximum Gasteiger partial charge on any atom is 0.228 e. The molecule has 3 atom stereocenters. The smallest absolute Gasteiger partial charge is 0.228 e. The zero-order valence-corrected chi connectivity index (χ0v) is 14.8. The molecular formula is C17H27ClN2O3. The van der Waals surface area contributed by atoms with Crippen molar-refractivity contribution in [1.29, 1.82) is 0 Å². The van der Waals surface area contributed by atoms with Crippen LogP contribution < -0.4 is 15.8 Å². The summed E-state index contributed by atoms with van der Waals surface area (Å²) >= 11 is 0. The van der Waals surface area contributed by atoms with Crippen molar-refractivity contribution in [2.24, 2.45) is 11.7 Å². The molecule has 0 aliphatic carbocycles. The molecule has 1 saturated heterocycles. The van der Waals surface area contributed by atoms with Gasteiger partial charge in [0.15, 0.2) is 0 Å². The average molecular weight is 343 g/mol. The Balaban J connectivity index is 0.00000264. The van der Waals surface area contributed by atoms with Crippen LogP contribution in [0.3, 0.4) is 0 Å². The molecule has 0 radical (unpaired) electrons. The molecule has 1 aromatic carbocycles. The van der Waals surface area contributed by atoms with Gasteiger partial charge in [0.1, 0.15) is 12.4 Å². The van der Waals surface area contributed by atoms with E-state index < -0.39 is 0 Å². The number of nitrogens with one attached hydrogen (secondary N) is 1.